The van der Waals surface area contributed by atoms with Crippen molar-refractivity contribution in [3.8, 4) is 56.2 Å². The average Bonchev–Trinajstić information content (AvgIpc) is 3.47. The number of benzene rings is 6. The number of fused-ring (bicyclic) bond motifs is 3. The van der Waals surface area contributed by atoms with E-state index in [1.807, 2.05) is 35.6 Å². The Kier molecular flexibility index (Phi) is 6.36. The van der Waals surface area contributed by atoms with Crippen molar-refractivity contribution in [2.45, 2.75) is 0 Å². The summed E-state index contributed by atoms with van der Waals surface area (Å²) in [7, 11) is 0. The lowest BCUT2D eigenvalue weighted by atomic mass is 9.92. The van der Waals surface area contributed by atoms with Crippen molar-refractivity contribution in [1.82, 2.24) is 9.97 Å². The van der Waals surface area contributed by atoms with Crippen molar-refractivity contribution in [3.05, 3.63) is 158 Å². The fourth-order valence-corrected chi connectivity index (χ4v) is 6.85. The number of aromatic nitrogens is 2. The number of rotatable bonds is 5. The summed E-state index contributed by atoms with van der Waals surface area (Å²) in [6.07, 6.45) is 0. The van der Waals surface area contributed by atoms with Gasteiger partial charge < -0.3 is 0 Å². The normalized spacial score (nSPS) is 11.3. The molecule has 43 heavy (non-hydrogen) atoms. The summed E-state index contributed by atoms with van der Waals surface area (Å²) in [4.78, 5) is 10.2. The molecule has 0 atom stereocenters. The molecule has 0 amide bonds. The summed E-state index contributed by atoms with van der Waals surface area (Å²) in [6.45, 7) is 0. The van der Waals surface area contributed by atoms with Crippen LogP contribution < -0.4 is 0 Å². The van der Waals surface area contributed by atoms with Crippen LogP contribution in [-0.2, 0) is 0 Å². The van der Waals surface area contributed by atoms with E-state index in [1.54, 1.807) is 0 Å². The van der Waals surface area contributed by atoms with Crippen LogP contribution in [0.5, 0.6) is 0 Å². The van der Waals surface area contributed by atoms with E-state index in [2.05, 4.69) is 133 Å². The Hall–Kier alpha value is -5.38. The summed E-state index contributed by atoms with van der Waals surface area (Å²) in [5.41, 5.74) is 9.63. The maximum absolute atomic E-state index is 5.15. The molecule has 0 aliphatic rings. The molecule has 0 bridgehead atoms. The van der Waals surface area contributed by atoms with Crippen LogP contribution in [0.3, 0.4) is 0 Å². The lowest BCUT2D eigenvalue weighted by Crippen LogP contribution is -1.97. The first-order valence-corrected chi connectivity index (χ1v) is 15.2. The van der Waals surface area contributed by atoms with Crippen LogP contribution in [0.25, 0.3) is 76.3 Å². The molecule has 0 spiro atoms. The Balaban J connectivity index is 1.33. The summed E-state index contributed by atoms with van der Waals surface area (Å²) < 4.78 is 2.63. The molecule has 8 aromatic rings. The molecule has 0 N–H and O–H groups in total. The van der Waals surface area contributed by atoms with Gasteiger partial charge in [-0.2, -0.15) is 0 Å². The summed E-state index contributed by atoms with van der Waals surface area (Å²) in [5, 5.41) is 2.62. The van der Waals surface area contributed by atoms with Gasteiger partial charge in [-0.25, -0.2) is 9.97 Å². The van der Waals surface area contributed by atoms with Gasteiger partial charge in [0.25, 0.3) is 0 Å². The van der Waals surface area contributed by atoms with Gasteiger partial charge in [-0.05, 0) is 52.6 Å². The summed E-state index contributed by atoms with van der Waals surface area (Å²) >= 11 is 1.85. The monoisotopic (exact) mass is 566 g/mol. The van der Waals surface area contributed by atoms with Crippen LogP contribution in [0, 0.1) is 0 Å². The number of hydrogen-bond acceptors (Lipinski definition) is 3. The molecule has 3 heteroatoms. The molecular weight excluding hydrogens is 541 g/mol. The largest absolute Gasteiger partial charge is 0.228 e. The number of thiophene rings is 1. The minimum atomic E-state index is 0.717. The third-order valence-electron chi connectivity index (χ3n) is 7.92. The molecule has 2 aromatic heterocycles. The molecule has 6 aromatic carbocycles. The van der Waals surface area contributed by atoms with E-state index in [1.165, 1.54) is 31.3 Å². The zero-order chi connectivity index (χ0) is 28.6. The van der Waals surface area contributed by atoms with Crippen LogP contribution in [-0.4, -0.2) is 9.97 Å². The Morgan fingerprint density at radius 3 is 1.70 bits per heavy atom. The second-order valence-corrected chi connectivity index (χ2v) is 11.7. The fraction of sp³-hybridized carbons (Fsp3) is 0. The predicted octanol–water partition coefficient (Wildman–Crippen LogP) is 11.2. The van der Waals surface area contributed by atoms with E-state index >= 15 is 0 Å². The van der Waals surface area contributed by atoms with Gasteiger partial charge in [-0.15, -0.1) is 11.3 Å². The van der Waals surface area contributed by atoms with Gasteiger partial charge in [0.1, 0.15) is 0 Å². The molecular formula is C40H26N2S. The topological polar surface area (TPSA) is 25.8 Å². The molecule has 0 saturated heterocycles. The van der Waals surface area contributed by atoms with Gasteiger partial charge in [-0.3, -0.25) is 0 Å². The highest BCUT2D eigenvalue weighted by Gasteiger charge is 2.16. The van der Waals surface area contributed by atoms with Crippen molar-refractivity contribution >= 4 is 31.5 Å². The SMILES string of the molecule is c1ccc(-c2cc(-c3ccc(-c4ccc5sc6ccccc6c5c4)cc3-c3ccccc3)nc(-c3ccccc3)n2)cc1. The molecule has 202 valence electrons. The van der Waals surface area contributed by atoms with E-state index in [0.29, 0.717) is 0 Å². The minimum Gasteiger partial charge on any atom is -0.228 e. The molecule has 0 aliphatic heterocycles. The molecule has 0 aliphatic carbocycles. The van der Waals surface area contributed by atoms with E-state index < -0.39 is 0 Å². The van der Waals surface area contributed by atoms with E-state index in [0.717, 1.165) is 45.0 Å². The molecule has 0 radical (unpaired) electrons. The van der Waals surface area contributed by atoms with E-state index in [-0.39, 0.29) is 0 Å². The van der Waals surface area contributed by atoms with Crippen LogP contribution in [0.2, 0.25) is 0 Å². The maximum atomic E-state index is 5.15. The van der Waals surface area contributed by atoms with Gasteiger partial charge >= 0.3 is 0 Å². The standard InChI is InChI=1S/C40H26N2S/c1-4-12-27(13-5-1)34-24-30(31-21-23-39-35(25-31)33-18-10-11-19-38(33)43-39)20-22-32(34)37-26-36(28-14-6-2-7-15-28)41-40(42-37)29-16-8-3-9-17-29/h1-26H. The number of hydrogen-bond donors (Lipinski definition) is 0. The van der Waals surface area contributed by atoms with Crippen molar-refractivity contribution in [1.29, 1.82) is 0 Å². The highest BCUT2D eigenvalue weighted by atomic mass is 32.1. The molecule has 8 rings (SSSR count). The van der Waals surface area contributed by atoms with Gasteiger partial charge in [0.15, 0.2) is 5.82 Å². The van der Waals surface area contributed by atoms with Gasteiger partial charge in [0, 0.05) is 36.9 Å². The first-order chi connectivity index (χ1) is 21.3. The maximum Gasteiger partial charge on any atom is 0.160 e. The third kappa shape index (κ3) is 4.80. The average molecular weight is 567 g/mol. The van der Waals surface area contributed by atoms with E-state index in [4.69, 9.17) is 9.97 Å². The highest BCUT2D eigenvalue weighted by molar-refractivity contribution is 7.25. The van der Waals surface area contributed by atoms with Crippen LogP contribution >= 0.6 is 11.3 Å². The predicted molar refractivity (Wildman–Crippen MR) is 182 cm³/mol. The van der Waals surface area contributed by atoms with Crippen molar-refractivity contribution in [3.63, 3.8) is 0 Å². The Labute approximate surface area is 254 Å². The van der Waals surface area contributed by atoms with Crippen LogP contribution in [0.4, 0.5) is 0 Å². The second-order valence-electron chi connectivity index (χ2n) is 10.6. The zero-order valence-corrected chi connectivity index (χ0v) is 24.1. The van der Waals surface area contributed by atoms with E-state index in [9.17, 15) is 0 Å². The lowest BCUT2D eigenvalue weighted by Gasteiger charge is -2.15. The highest BCUT2D eigenvalue weighted by Crippen LogP contribution is 2.40. The van der Waals surface area contributed by atoms with Crippen molar-refractivity contribution in [2.75, 3.05) is 0 Å². The van der Waals surface area contributed by atoms with Gasteiger partial charge in [0.2, 0.25) is 0 Å². The lowest BCUT2D eigenvalue weighted by molar-refractivity contribution is 1.18. The van der Waals surface area contributed by atoms with Crippen LogP contribution in [0.1, 0.15) is 0 Å². The quantitative estimate of drug-likeness (QED) is 0.207. The molecule has 0 unspecified atom stereocenters. The Morgan fingerprint density at radius 2 is 0.930 bits per heavy atom. The first kappa shape index (κ1) is 25.3. The molecule has 0 fully saturated rings. The van der Waals surface area contributed by atoms with Crippen LogP contribution in [0.15, 0.2) is 158 Å². The second kappa shape index (κ2) is 10.8. The molecule has 2 nitrogen and oxygen atoms in total. The van der Waals surface area contributed by atoms with Crippen molar-refractivity contribution in [2.24, 2.45) is 0 Å². The van der Waals surface area contributed by atoms with Crippen molar-refractivity contribution < 1.29 is 0 Å². The Morgan fingerprint density at radius 1 is 0.349 bits per heavy atom. The molecule has 0 saturated carbocycles. The van der Waals surface area contributed by atoms with Gasteiger partial charge in [0.05, 0.1) is 11.4 Å². The zero-order valence-electron chi connectivity index (χ0n) is 23.3. The first-order valence-electron chi connectivity index (χ1n) is 14.4. The molecule has 2 heterocycles. The smallest absolute Gasteiger partial charge is 0.160 e. The fourth-order valence-electron chi connectivity index (χ4n) is 5.77. The Bertz CT molecular complexity index is 2160. The summed E-state index contributed by atoms with van der Waals surface area (Å²) in [5.74, 6) is 0.717. The number of nitrogens with zero attached hydrogens (tertiary/aromatic N) is 2. The third-order valence-corrected chi connectivity index (χ3v) is 9.07. The summed E-state index contributed by atoms with van der Waals surface area (Å²) in [6, 6.07) is 55.6. The van der Waals surface area contributed by atoms with Gasteiger partial charge in [-0.1, -0.05) is 127 Å². The minimum absolute atomic E-state index is 0.717.